The molecule has 0 fully saturated rings. The van der Waals surface area contributed by atoms with E-state index >= 15 is 0 Å². The van der Waals surface area contributed by atoms with Crippen molar-refractivity contribution < 1.29 is 4.74 Å². The topological polar surface area (TPSA) is 76.1 Å². The van der Waals surface area contributed by atoms with Gasteiger partial charge < -0.3 is 15.0 Å². The number of fused-ring (bicyclic) bond motifs is 1. The molecule has 0 aliphatic rings. The fourth-order valence-electron chi connectivity index (χ4n) is 1.97. The molecule has 0 unspecified atom stereocenters. The second kappa shape index (κ2) is 6.97. The van der Waals surface area contributed by atoms with Gasteiger partial charge in [-0.15, -0.1) is 10.2 Å². The Morgan fingerprint density at radius 1 is 1.13 bits per heavy atom. The van der Waals surface area contributed by atoms with Gasteiger partial charge in [0, 0.05) is 18.8 Å². The van der Waals surface area contributed by atoms with Gasteiger partial charge in [-0.25, -0.2) is 4.98 Å². The number of nitrogens with zero attached hydrogens (tertiary/aromatic N) is 5. The highest BCUT2D eigenvalue weighted by atomic mass is 16.5. The predicted molar refractivity (Wildman–Crippen MR) is 88.9 cm³/mol. The van der Waals surface area contributed by atoms with Gasteiger partial charge in [0.15, 0.2) is 0 Å². The van der Waals surface area contributed by atoms with E-state index in [1.165, 1.54) is 0 Å². The molecule has 7 nitrogen and oxygen atoms in total. The van der Waals surface area contributed by atoms with Crippen molar-refractivity contribution in [3.8, 4) is 5.75 Å². The number of aromatic nitrogens is 4. The summed E-state index contributed by atoms with van der Waals surface area (Å²) in [4.78, 5) is 10.6. The normalized spacial score (nSPS) is 10.9. The van der Waals surface area contributed by atoms with E-state index in [0.29, 0.717) is 12.6 Å². The third kappa shape index (κ3) is 4.10. The Balaban J connectivity index is 1.77. The Bertz CT molecular complexity index is 778. The highest BCUT2D eigenvalue weighted by molar-refractivity contribution is 5.76. The molecule has 2 heterocycles. The molecule has 23 heavy (non-hydrogen) atoms. The van der Waals surface area contributed by atoms with Gasteiger partial charge in [0.2, 0.25) is 5.95 Å². The monoisotopic (exact) mass is 310 g/mol. The molecule has 0 aliphatic carbocycles. The molecule has 0 saturated heterocycles. The summed E-state index contributed by atoms with van der Waals surface area (Å²) in [5.74, 6) is 1.20. The molecule has 0 amide bonds. The van der Waals surface area contributed by atoms with Crippen molar-refractivity contribution in [2.75, 3.05) is 32.6 Å². The molecule has 118 valence electrons. The van der Waals surface area contributed by atoms with Crippen molar-refractivity contribution in [1.82, 2.24) is 25.1 Å². The molecular formula is C16H18N6O. The lowest BCUT2D eigenvalue weighted by Gasteiger charge is -2.11. The van der Waals surface area contributed by atoms with E-state index in [9.17, 15) is 0 Å². The van der Waals surface area contributed by atoms with Crippen LogP contribution in [0.25, 0.3) is 11.0 Å². The van der Waals surface area contributed by atoms with Crippen LogP contribution in [-0.4, -0.2) is 52.3 Å². The Kier molecular flexibility index (Phi) is 4.58. The molecule has 7 heteroatoms. The molecule has 1 aromatic carbocycles. The summed E-state index contributed by atoms with van der Waals surface area (Å²) in [6, 6.07) is 9.33. The standard InChI is InChI=1S/C16H18N6O/c1-22(2)8-9-23-13-5-6-14-15(10-13)19-16(21-20-14)18-12-4-3-7-17-11-12/h3-7,10-11H,8-9H2,1-2H3,(H,18,19,21). The van der Waals surface area contributed by atoms with Crippen LogP contribution >= 0.6 is 0 Å². The van der Waals surface area contributed by atoms with E-state index in [0.717, 1.165) is 29.0 Å². The Morgan fingerprint density at radius 3 is 2.83 bits per heavy atom. The Hall–Kier alpha value is -2.80. The molecule has 3 rings (SSSR count). The summed E-state index contributed by atoms with van der Waals surface area (Å²) in [7, 11) is 4.02. The summed E-state index contributed by atoms with van der Waals surface area (Å²) in [5, 5.41) is 11.3. The molecule has 0 aliphatic heterocycles. The minimum atomic E-state index is 0.427. The van der Waals surface area contributed by atoms with Crippen LogP contribution in [0.2, 0.25) is 0 Å². The summed E-state index contributed by atoms with van der Waals surface area (Å²) < 4.78 is 5.72. The van der Waals surface area contributed by atoms with Gasteiger partial charge in [-0.1, -0.05) is 0 Å². The number of likely N-dealkylation sites (N-methyl/N-ethyl adjacent to an activating group) is 1. The molecule has 0 bridgehead atoms. The fourth-order valence-corrected chi connectivity index (χ4v) is 1.97. The molecule has 0 atom stereocenters. The first-order valence-electron chi connectivity index (χ1n) is 7.30. The predicted octanol–water partition coefficient (Wildman–Crippen LogP) is 2.10. The van der Waals surface area contributed by atoms with Crippen LogP contribution in [0.5, 0.6) is 5.75 Å². The number of hydrogen-bond acceptors (Lipinski definition) is 7. The molecule has 0 spiro atoms. The number of pyridine rings is 1. The SMILES string of the molecule is CN(C)CCOc1ccc2nnc(Nc3cccnc3)nc2c1. The molecule has 2 aromatic heterocycles. The highest BCUT2D eigenvalue weighted by Gasteiger charge is 2.04. The van der Waals surface area contributed by atoms with E-state index in [1.54, 1.807) is 12.4 Å². The van der Waals surface area contributed by atoms with E-state index in [-0.39, 0.29) is 0 Å². The maximum absolute atomic E-state index is 5.72. The first kappa shape index (κ1) is 15.1. The molecule has 1 N–H and O–H groups in total. The van der Waals surface area contributed by atoms with E-state index in [2.05, 4.69) is 30.4 Å². The number of nitrogens with one attached hydrogen (secondary N) is 1. The summed E-state index contributed by atoms with van der Waals surface area (Å²) in [6.45, 7) is 1.48. The van der Waals surface area contributed by atoms with Crippen molar-refractivity contribution in [3.63, 3.8) is 0 Å². The van der Waals surface area contributed by atoms with Crippen molar-refractivity contribution in [3.05, 3.63) is 42.7 Å². The zero-order chi connectivity index (χ0) is 16.1. The smallest absolute Gasteiger partial charge is 0.247 e. The highest BCUT2D eigenvalue weighted by Crippen LogP contribution is 2.19. The number of ether oxygens (including phenoxy) is 1. The zero-order valence-corrected chi connectivity index (χ0v) is 13.1. The quantitative estimate of drug-likeness (QED) is 0.747. The minimum absolute atomic E-state index is 0.427. The van der Waals surface area contributed by atoms with Crippen LogP contribution in [0, 0.1) is 0 Å². The van der Waals surface area contributed by atoms with Gasteiger partial charge in [-0.05, 0) is 38.4 Å². The van der Waals surface area contributed by atoms with Crippen molar-refractivity contribution in [1.29, 1.82) is 0 Å². The van der Waals surface area contributed by atoms with Gasteiger partial charge >= 0.3 is 0 Å². The Labute approximate surface area is 134 Å². The summed E-state index contributed by atoms with van der Waals surface area (Å²) >= 11 is 0. The number of benzene rings is 1. The lowest BCUT2D eigenvalue weighted by molar-refractivity contribution is 0.261. The lowest BCUT2D eigenvalue weighted by atomic mass is 10.3. The first-order chi connectivity index (χ1) is 11.2. The number of rotatable bonds is 6. The maximum Gasteiger partial charge on any atom is 0.247 e. The van der Waals surface area contributed by atoms with Crippen LogP contribution < -0.4 is 10.1 Å². The fraction of sp³-hybridized carbons (Fsp3) is 0.250. The average molecular weight is 310 g/mol. The van der Waals surface area contributed by atoms with Crippen LogP contribution in [0.15, 0.2) is 42.7 Å². The van der Waals surface area contributed by atoms with E-state index in [1.807, 2.05) is 44.4 Å². The molecule has 0 radical (unpaired) electrons. The van der Waals surface area contributed by atoms with Crippen LogP contribution in [0.4, 0.5) is 11.6 Å². The molecule has 0 saturated carbocycles. The van der Waals surface area contributed by atoms with Crippen molar-refractivity contribution in [2.45, 2.75) is 0 Å². The van der Waals surface area contributed by atoms with Gasteiger partial charge in [0.25, 0.3) is 0 Å². The zero-order valence-electron chi connectivity index (χ0n) is 13.1. The van der Waals surface area contributed by atoms with Crippen molar-refractivity contribution in [2.24, 2.45) is 0 Å². The van der Waals surface area contributed by atoms with E-state index in [4.69, 9.17) is 4.74 Å². The van der Waals surface area contributed by atoms with E-state index < -0.39 is 0 Å². The third-order valence-corrected chi connectivity index (χ3v) is 3.15. The van der Waals surface area contributed by atoms with Gasteiger partial charge in [-0.2, -0.15) is 0 Å². The second-order valence-electron chi connectivity index (χ2n) is 5.30. The van der Waals surface area contributed by atoms with Gasteiger partial charge in [0.1, 0.15) is 17.9 Å². The lowest BCUT2D eigenvalue weighted by Crippen LogP contribution is -2.19. The first-order valence-corrected chi connectivity index (χ1v) is 7.30. The maximum atomic E-state index is 5.72. The third-order valence-electron chi connectivity index (χ3n) is 3.15. The molecular weight excluding hydrogens is 292 g/mol. The number of anilines is 2. The van der Waals surface area contributed by atoms with Crippen LogP contribution in [0.3, 0.4) is 0 Å². The second-order valence-corrected chi connectivity index (χ2v) is 5.30. The van der Waals surface area contributed by atoms with Gasteiger partial charge in [-0.3, -0.25) is 4.98 Å². The largest absolute Gasteiger partial charge is 0.492 e. The van der Waals surface area contributed by atoms with Crippen LogP contribution in [-0.2, 0) is 0 Å². The van der Waals surface area contributed by atoms with Crippen LogP contribution in [0.1, 0.15) is 0 Å². The van der Waals surface area contributed by atoms with Gasteiger partial charge in [0.05, 0.1) is 17.4 Å². The minimum Gasteiger partial charge on any atom is -0.492 e. The summed E-state index contributed by atoms with van der Waals surface area (Å²) in [5.41, 5.74) is 2.27. The molecule has 3 aromatic rings. The average Bonchev–Trinajstić information content (AvgIpc) is 2.55. The summed E-state index contributed by atoms with van der Waals surface area (Å²) in [6.07, 6.45) is 3.41. The Morgan fingerprint density at radius 2 is 2.04 bits per heavy atom. The number of hydrogen-bond donors (Lipinski definition) is 1. The van der Waals surface area contributed by atoms with Crippen molar-refractivity contribution >= 4 is 22.7 Å².